The van der Waals surface area contributed by atoms with E-state index in [1.165, 1.54) is 11.1 Å². The molecule has 108 valence electrons. The van der Waals surface area contributed by atoms with Crippen molar-refractivity contribution in [1.29, 1.82) is 0 Å². The summed E-state index contributed by atoms with van der Waals surface area (Å²) >= 11 is 0. The molecule has 1 spiro atoms. The van der Waals surface area contributed by atoms with Crippen molar-refractivity contribution in [3.63, 3.8) is 0 Å². The van der Waals surface area contributed by atoms with E-state index in [0.29, 0.717) is 11.9 Å². The number of amides is 1. The Morgan fingerprint density at radius 3 is 2.50 bits per heavy atom. The summed E-state index contributed by atoms with van der Waals surface area (Å²) in [5, 5.41) is 3.62. The molecule has 3 heteroatoms. The number of nitrogens with zero attached hydrogens (tertiary/aromatic N) is 1. The molecule has 0 radical (unpaired) electrons. The van der Waals surface area contributed by atoms with E-state index in [0.717, 1.165) is 25.7 Å². The normalized spacial score (nSPS) is 23.9. The summed E-state index contributed by atoms with van der Waals surface area (Å²) in [7, 11) is 0. The van der Waals surface area contributed by atoms with Crippen molar-refractivity contribution in [3.05, 3.63) is 35.4 Å². The van der Waals surface area contributed by atoms with Gasteiger partial charge in [-0.1, -0.05) is 38.1 Å². The molecule has 3 rings (SSSR count). The van der Waals surface area contributed by atoms with Gasteiger partial charge in [-0.25, -0.2) is 0 Å². The van der Waals surface area contributed by atoms with Crippen LogP contribution in [0, 0.1) is 6.92 Å². The zero-order chi connectivity index (χ0) is 14.3. The molecule has 1 aliphatic heterocycles. The summed E-state index contributed by atoms with van der Waals surface area (Å²) in [6.45, 7) is 6.48. The van der Waals surface area contributed by atoms with E-state index in [1.807, 2.05) is 0 Å². The van der Waals surface area contributed by atoms with Gasteiger partial charge < -0.3 is 4.90 Å². The SMILES string of the molecule is CCC(CC)N1C(=O)C2(CC2)NC1c1ccccc1C. The molecule has 1 aromatic rings. The van der Waals surface area contributed by atoms with Crippen molar-refractivity contribution in [1.82, 2.24) is 10.2 Å². The predicted molar refractivity (Wildman–Crippen MR) is 80.2 cm³/mol. The first kappa shape index (κ1) is 13.6. The Morgan fingerprint density at radius 2 is 1.95 bits per heavy atom. The van der Waals surface area contributed by atoms with Crippen LogP contribution in [0.15, 0.2) is 24.3 Å². The second-order valence-corrected chi connectivity index (χ2v) is 6.17. The maximum absolute atomic E-state index is 12.8. The number of rotatable bonds is 4. The Morgan fingerprint density at radius 1 is 1.30 bits per heavy atom. The lowest BCUT2D eigenvalue weighted by molar-refractivity contribution is -0.133. The third kappa shape index (κ3) is 1.96. The number of benzene rings is 1. The molecule has 1 saturated carbocycles. The summed E-state index contributed by atoms with van der Waals surface area (Å²) in [5.74, 6) is 0.319. The molecule has 1 aliphatic carbocycles. The molecule has 1 unspecified atom stereocenters. The van der Waals surface area contributed by atoms with E-state index < -0.39 is 0 Å². The fourth-order valence-corrected chi connectivity index (χ4v) is 3.42. The summed E-state index contributed by atoms with van der Waals surface area (Å²) in [6, 6.07) is 8.74. The van der Waals surface area contributed by atoms with Crippen LogP contribution in [0.25, 0.3) is 0 Å². The first-order valence-corrected chi connectivity index (χ1v) is 7.79. The fourth-order valence-electron chi connectivity index (χ4n) is 3.42. The minimum absolute atomic E-state index is 0.0519. The van der Waals surface area contributed by atoms with Gasteiger partial charge in [0.15, 0.2) is 0 Å². The molecule has 0 aromatic heterocycles. The van der Waals surface area contributed by atoms with Gasteiger partial charge in [-0.3, -0.25) is 10.1 Å². The standard InChI is InChI=1S/C17H24N2O/c1-4-13(5-2)19-15(14-9-7-6-8-12(14)3)18-17(10-11-17)16(19)20/h6-9,13,15,18H,4-5,10-11H2,1-3H3. The van der Waals surface area contributed by atoms with Gasteiger partial charge in [0, 0.05) is 6.04 Å². The Kier molecular flexibility index (Phi) is 3.33. The lowest BCUT2D eigenvalue weighted by atomic mass is 10.0. The zero-order valence-corrected chi connectivity index (χ0v) is 12.6. The number of carbonyl (C=O) groups is 1. The third-order valence-corrected chi connectivity index (χ3v) is 4.90. The summed E-state index contributed by atoms with van der Waals surface area (Å²) < 4.78 is 0. The quantitative estimate of drug-likeness (QED) is 0.913. The Bertz CT molecular complexity index is 517. The van der Waals surface area contributed by atoms with Gasteiger partial charge in [0.1, 0.15) is 11.7 Å². The maximum atomic E-state index is 12.8. The Hall–Kier alpha value is -1.35. The molecule has 0 bridgehead atoms. The maximum Gasteiger partial charge on any atom is 0.244 e. The summed E-state index contributed by atoms with van der Waals surface area (Å²) in [5.41, 5.74) is 2.26. The smallest absolute Gasteiger partial charge is 0.244 e. The van der Waals surface area contributed by atoms with E-state index in [-0.39, 0.29) is 11.7 Å². The lowest BCUT2D eigenvalue weighted by Crippen LogP contribution is -2.40. The van der Waals surface area contributed by atoms with Gasteiger partial charge in [0.2, 0.25) is 5.91 Å². The highest BCUT2D eigenvalue weighted by Crippen LogP contribution is 2.47. The monoisotopic (exact) mass is 272 g/mol. The van der Waals surface area contributed by atoms with Crippen molar-refractivity contribution in [2.24, 2.45) is 0 Å². The molecular formula is C17H24N2O. The molecule has 1 aromatic carbocycles. The van der Waals surface area contributed by atoms with Gasteiger partial charge in [-0.05, 0) is 43.7 Å². The number of hydrogen-bond donors (Lipinski definition) is 1. The highest BCUT2D eigenvalue weighted by Gasteiger charge is 2.60. The summed E-state index contributed by atoms with van der Waals surface area (Å²) in [4.78, 5) is 14.9. The minimum Gasteiger partial charge on any atom is -0.318 e. The molecule has 1 N–H and O–H groups in total. The van der Waals surface area contributed by atoms with Crippen LogP contribution in [-0.4, -0.2) is 22.4 Å². The average molecular weight is 272 g/mol. The number of aryl methyl sites for hydroxylation is 1. The van der Waals surface area contributed by atoms with E-state index in [2.05, 4.69) is 55.3 Å². The van der Waals surface area contributed by atoms with Crippen LogP contribution < -0.4 is 5.32 Å². The van der Waals surface area contributed by atoms with Crippen molar-refractivity contribution >= 4 is 5.91 Å². The van der Waals surface area contributed by atoms with Gasteiger partial charge >= 0.3 is 0 Å². The van der Waals surface area contributed by atoms with E-state index in [9.17, 15) is 4.79 Å². The molecule has 2 fully saturated rings. The van der Waals surface area contributed by atoms with Crippen molar-refractivity contribution < 1.29 is 4.79 Å². The summed E-state index contributed by atoms with van der Waals surface area (Å²) in [6.07, 6.45) is 4.07. The van der Waals surface area contributed by atoms with Crippen molar-refractivity contribution in [2.75, 3.05) is 0 Å². The number of hydrogen-bond acceptors (Lipinski definition) is 2. The average Bonchev–Trinajstić information content (AvgIpc) is 3.18. The van der Waals surface area contributed by atoms with Crippen LogP contribution in [-0.2, 0) is 4.79 Å². The molecule has 1 heterocycles. The van der Waals surface area contributed by atoms with Crippen LogP contribution >= 0.6 is 0 Å². The molecular weight excluding hydrogens is 248 g/mol. The highest BCUT2D eigenvalue weighted by atomic mass is 16.2. The van der Waals surface area contributed by atoms with Gasteiger partial charge in [0.25, 0.3) is 0 Å². The van der Waals surface area contributed by atoms with E-state index >= 15 is 0 Å². The lowest BCUT2D eigenvalue weighted by Gasteiger charge is -2.32. The Labute approximate surface area is 121 Å². The molecule has 3 nitrogen and oxygen atoms in total. The van der Waals surface area contributed by atoms with E-state index in [1.54, 1.807) is 0 Å². The molecule has 1 saturated heterocycles. The third-order valence-electron chi connectivity index (χ3n) is 4.90. The zero-order valence-electron chi connectivity index (χ0n) is 12.6. The first-order chi connectivity index (χ1) is 9.63. The fraction of sp³-hybridized carbons (Fsp3) is 0.588. The number of carbonyl (C=O) groups excluding carboxylic acids is 1. The van der Waals surface area contributed by atoms with Crippen molar-refractivity contribution in [2.45, 2.75) is 64.2 Å². The minimum atomic E-state index is -0.241. The number of nitrogens with one attached hydrogen (secondary N) is 1. The van der Waals surface area contributed by atoms with Crippen molar-refractivity contribution in [3.8, 4) is 0 Å². The topological polar surface area (TPSA) is 32.3 Å². The van der Waals surface area contributed by atoms with Crippen LogP contribution in [0.5, 0.6) is 0 Å². The van der Waals surface area contributed by atoms with Crippen LogP contribution in [0.4, 0.5) is 0 Å². The van der Waals surface area contributed by atoms with Gasteiger partial charge in [-0.2, -0.15) is 0 Å². The van der Waals surface area contributed by atoms with Crippen LogP contribution in [0.1, 0.15) is 56.8 Å². The second kappa shape index (κ2) is 4.88. The first-order valence-electron chi connectivity index (χ1n) is 7.79. The largest absolute Gasteiger partial charge is 0.318 e. The Balaban J connectivity index is 1.99. The van der Waals surface area contributed by atoms with Crippen LogP contribution in [0.3, 0.4) is 0 Å². The van der Waals surface area contributed by atoms with Gasteiger partial charge in [-0.15, -0.1) is 0 Å². The van der Waals surface area contributed by atoms with Gasteiger partial charge in [0.05, 0.1) is 0 Å². The second-order valence-electron chi connectivity index (χ2n) is 6.17. The molecule has 1 amide bonds. The highest BCUT2D eigenvalue weighted by molar-refractivity contribution is 5.92. The van der Waals surface area contributed by atoms with E-state index in [4.69, 9.17) is 0 Å². The molecule has 1 atom stereocenters. The molecule has 2 aliphatic rings. The molecule has 20 heavy (non-hydrogen) atoms. The van der Waals surface area contributed by atoms with Crippen LogP contribution in [0.2, 0.25) is 0 Å². The predicted octanol–water partition coefficient (Wildman–Crippen LogP) is 3.15.